The highest BCUT2D eigenvalue weighted by Crippen LogP contribution is 2.31. The normalized spacial score (nSPS) is 20.6. The molecule has 2 aliphatic rings. The number of methoxy groups -OCH3 is 1. The molecule has 1 aromatic carbocycles. The summed E-state index contributed by atoms with van der Waals surface area (Å²) in [6.07, 6.45) is 3.67. The van der Waals surface area contributed by atoms with Gasteiger partial charge in [-0.25, -0.2) is 9.37 Å². The smallest absolute Gasteiger partial charge is 0.257 e. The Hall–Kier alpha value is -3.05. The summed E-state index contributed by atoms with van der Waals surface area (Å²) in [5.41, 5.74) is 0.0586. The van der Waals surface area contributed by atoms with E-state index in [1.807, 2.05) is 0 Å². The third-order valence-electron chi connectivity index (χ3n) is 6.05. The second kappa shape index (κ2) is 10.9. The molecule has 2 aromatic rings. The zero-order chi connectivity index (χ0) is 24.1. The molecule has 1 aliphatic heterocycles. The van der Waals surface area contributed by atoms with Crippen LogP contribution in [0.4, 0.5) is 20.4 Å². The van der Waals surface area contributed by atoms with Crippen molar-refractivity contribution in [1.29, 1.82) is 0 Å². The van der Waals surface area contributed by atoms with Gasteiger partial charge in [0.2, 0.25) is 11.8 Å². The van der Waals surface area contributed by atoms with Crippen molar-refractivity contribution in [3.05, 3.63) is 35.5 Å². The van der Waals surface area contributed by atoms with Gasteiger partial charge in [-0.1, -0.05) is 0 Å². The molecule has 0 atom stereocenters. The van der Waals surface area contributed by atoms with Crippen LogP contribution in [0.3, 0.4) is 0 Å². The van der Waals surface area contributed by atoms with Crippen LogP contribution < -0.4 is 14.8 Å². The van der Waals surface area contributed by atoms with Crippen molar-refractivity contribution in [2.45, 2.75) is 31.8 Å². The van der Waals surface area contributed by atoms with Crippen molar-refractivity contribution in [2.75, 3.05) is 45.3 Å². The van der Waals surface area contributed by atoms with Gasteiger partial charge in [-0.05, 0) is 37.7 Å². The monoisotopic (exact) mass is 478 g/mol. The number of benzene rings is 1. The summed E-state index contributed by atoms with van der Waals surface area (Å²) in [5.74, 6) is -1.73. The first-order valence-corrected chi connectivity index (χ1v) is 11.3. The average Bonchev–Trinajstić information content (AvgIpc) is 2.85. The predicted octanol–water partition coefficient (Wildman–Crippen LogP) is 2.91. The fourth-order valence-corrected chi connectivity index (χ4v) is 4.06. The van der Waals surface area contributed by atoms with Gasteiger partial charge in [-0.2, -0.15) is 9.37 Å². The molecule has 11 heteroatoms. The summed E-state index contributed by atoms with van der Waals surface area (Å²) >= 11 is 0. The third-order valence-corrected chi connectivity index (χ3v) is 6.05. The summed E-state index contributed by atoms with van der Waals surface area (Å²) in [5, 5.41) is 12.4. The molecule has 0 bridgehead atoms. The second-order valence-electron chi connectivity index (χ2n) is 8.39. The van der Waals surface area contributed by atoms with E-state index in [4.69, 9.17) is 14.2 Å². The number of anilines is 2. The number of morpholine rings is 1. The largest absolute Gasteiger partial charge is 0.495 e. The molecule has 9 nitrogen and oxygen atoms in total. The molecular weight excluding hydrogens is 450 g/mol. The van der Waals surface area contributed by atoms with E-state index >= 15 is 0 Å². The number of aromatic nitrogens is 2. The quantitative estimate of drug-likeness (QED) is 0.626. The SMILES string of the molecule is COc1cc(C(=O)N2CCOCC2)c(F)cc1Nc1ncc(F)c(OCC2CCC(O)CC2)n1. The minimum absolute atomic E-state index is 0.0135. The molecule has 2 heterocycles. The highest BCUT2D eigenvalue weighted by Gasteiger charge is 2.24. The highest BCUT2D eigenvalue weighted by molar-refractivity contribution is 5.95. The summed E-state index contributed by atoms with van der Waals surface area (Å²) < 4.78 is 45.2. The number of nitrogens with zero attached hydrogens (tertiary/aromatic N) is 3. The van der Waals surface area contributed by atoms with Crippen LogP contribution in [-0.2, 0) is 4.74 Å². The molecule has 1 saturated carbocycles. The molecule has 1 aromatic heterocycles. The van der Waals surface area contributed by atoms with Crippen LogP contribution in [0.15, 0.2) is 18.3 Å². The molecule has 1 saturated heterocycles. The lowest BCUT2D eigenvalue weighted by Crippen LogP contribution is -2.41. The molecular formula is C23H28F2N4O5. The van der Waals surface area contributed by atoms with Crippen LogP contribution in [0.25, 0.3) is 0 Å². The van der Waals surface area contributed by atoms with Gasteiger partial charge in [0.25, 0.3) is 11.8 Å². The Bertz CT molecular complexity index is 1010. The van der Waals surface area contributed by atoms with Gasteiger partial charge in [-0.3, -0.25) is 4.79 Å². The third kappa shape index (κ3) is 5.71. The number of aliphatic hydroxyl groups is 1. The molecule has 184 valence electrons. The first kappa shape index (κ1) is 24.1. The van der Waals surface area contributed by atoms with E-state index in [0.717, 1.165) is 25.1 Å². The Balaban J connectivity index is 1.47. The Morgan fingerprint density at radius 3 is 2.65 bits per heavy atom. The van der Waals surface area contributed by atoms with Crippen molar-refractivity contribution < 1.29 is 32.9 Å². The summed E-state index contributed by atoms with van der Waals surface area (Å²) in [6, 6.07) is 2.43. The van der Waals surface area contributed by atoms with Crippen LogP contribution in [-0.4, -0.2) is 72.0 Å². The summed E-state index contributed by atoms with van der Waals surface area (Å²) in [4.78, 5) is 22.2. The van der Waals surface area contributed by atoms with E-state index in [1.54, 1.807) is 0 Å². The van der Waals surface area contributed by atoms with Gasteiger partial charge in [0, 0.05) is 19.2 Å². The average molecular weight is 478 g/mol. The summed E-state index contributed by atoms with van der Waals surface area (Å²) in [6.45, 7) is 1.84. The fraction of sp³-hybridized carbons (Fsp3) is 0.522. The maximum Gasteiger partial charge on any atom is 0.257 e. The van der Waals surface area contributed by atoms with E-state index in [-0.39, 0.29) is 47.5 Å². The molecule has 1 aliphatic carbocycles. The Labute approximate surface area is 196 Å². The Morgan fingerprint density at radius 1 is 1.21 bits per heavy atom. The van der Waals surface area contributed by atoms with Gasteiger partial charge >= 0.3 is 0 Å². The van der Waals surface area contributed by atoms with Crippen molar-refractivity contribution in [3.8, 4) is 11.6 Å². The highest BCUT2D eigenvalue weighted by atomic mass is 19.1. The van der Waals surface area contributed by atoms with E-state index in [9.17, 15) is 18.7 Å². The lowest BCUT2D eigenvalue weighted by molar-refractivity contribution is 0.0299. The van der Waals surface area contributed by atoms with Gasteiger partial charge in [0.15, 0.2) is 0 Å². The van der Waals surface area contributed by atoms with Gasteiger partial charge in [0.05, 0.1) is 50.5 Å². The van der Waals surface area contributed by atoms with Crippen molar-refractivity contribution >= 4 is 17.5 Å². The number of hydrogen-bond acceptors (Lipinski definition) is 8. The molecule has 0 spiro atoms. The Morgan fingerprint density at radius 2 is 1.94 bits per heavy atom. The number of carbonyl (C=O) groups excluding carboxylic acids is 1. The fourth-order valence-electron chi connectivity index (χ4n) is 4.06. The number of hydrogen-bond donors (Lipinski definition) is 2. The number of aliphatic hydroxyl groups excluding tert-OH is 1. The molecule has 34 heavy (non-hydrogen) atoms. The maximum atomic E-state index is 14.9. The standard InChI is InChI=1S/C23H28F2N4O5/c1-32-20-10-16(22(31)29-6-8-33-9-7-29)17(24)11-19(20)27-23-26-12-18(25)21(28-23)34-13-14-2-4-15(30)5-3-14/h10-12,14-15,30H,2-9,13H2,1H3,(H,26,27,28). The minimum Gasteiger partial charge on any atom is -0.495 e. The van der Waals surface area contributed by atoms with Crippen LogP contribution in [0.1, 0.15) is 36.0 Å². The lowest BCUT2D eigenvalue weighted by Gasteiger charge is -2.27. The topological polar surface area (TPSA) is 106 Å². The lowest BCUT2D eigenvalue weighted by atomic mass is 9.88. The first-order valence-electron chi connectivity index (χ1n) is 11.3. The van der Waals surface area contributed by atoms with E-state index in [2.05, 4.69) is 15.3 Å². The maximum absolute atomic E-state index is 14.9. The molecule has 0 unspecified atom stereocenters. The molecule has 4 rings (SSSR count). The number of rotatable bonds is 7. The predicted molar refractivity (Wildman–Crippen MR) is 118 cm³/mol. The van der Waals surface area contributed by atoms with Gasteiger partial charge in [-0.15, -0.1) is 0 Å². The number of amides is 1. The number of halogens is 2. The van der Waals surface area contributed by atoms with Crippen LogP contribution in [0.5, 0.6) is 11.6 Å². The molecule has 2 N–H and O–H groups in total. The van der Waals surface area contributed by atoms with Crippen molar-refractivity contribution in [3.63, 3.8) is 0 Å². The molecule has 0 radical (unpaired) electrons. The zero-order valence-corrected chi connectivity index (χ0v) is 18.9. The van der Waals surface area contributed by atoms with Gasteiger partial charge < -0.3 is 29.5 Å². The van der Waals surface area contributed by atoms with Crippen LogP contribution in [0.2, 0.25) is 0 Å². The second-order valence-corrected chi connectivity index (χ2v) is 8.39. The number of ether oxygens (including phenoxy) is 3. The van der Waals surface area contributed by atoms with E-state index < -0.39 is 17.5 Å². The molecule has 1 amide bonds. The first-order chi connectivity index (χ1) is 16.4. The van der Waals surface area contributed by atoms with Crippen LogP contribution in [0, 0.1) is 17.6 Å². The van der Waals surface area contributed by atoms with Crippen molar-refractivity contribution in [2.24, 2.45) is 5.92 Å². The van der Waals surface area contributed by atoms with E-state index in [0.29, 0.717) is 39.1 Å². The minimum atomic E-state index is -0.738. The zero-order valence-electron chi connectivity index (χ0n) is 18.9. The Kier molecular flexibility index (Phi) is 7.73. The van der Waals surface area contributed by atoms with Crippen molar-refractivity contribution in [1.82, 2.24) is 14.9 Å². The van der Waals surface area contributed by atoms with Gasteiger partial charge in [0.1, 0.15) is 11.6 Å². The summed E-state index contributed by atoms with van der Waals surface area (Å²) in [7, 11) is 1.39. The van der Waals surface area contributed by atoms with E-state index in [1.165, 1.54) is 18.1 Å². The number of carbonyl (C=O) groups is 1. The molecule has 2 fully saturated rings. The van der Waals surface area contributed by atoms with Crippen LogP contribution >= 0.6 is 0 Å². The number of nitrogens with one attached hydrogen (secondary N) is 1.